The van der Waals surface area contributed by atoms with E-state index in [1.54, 1.807) is 0 Å². The molecule has 0 unspecified atom stereocenters. The molecule has 0 atom stereocenters. The fraction of sp³-hybridized carbons (Fsp3) is 0.100. The predicted molar refractivity (Wildman–Crippen MR) is 59.3 cm³/mol. The molecule has 1 heterocycles. The Morgan fingerprint density at radius 3 is 3.08 bits per heavy atom. The van der Waals surface area contributed by atoms with E-state index in [0.717, 1.165) is 14.7 Å². The fourth-order valence-electron chi connectivity index (χ4n) is 1.12. The van der Waals surface area contributed by atoms with Crippen LogP contribution in [-0.2, 0) is 6.42 Å². The standard InChI is InChI=1S/C10H6INO/c1-2-4-9-12-10-7(11)5-3-6-8(10)13-9/h1,3,5-6H,4H2. The van der Waals surface area contributed by atoms with Crippen molar-refractivity contribution in [2.24, 2.45) is 0 Å². The molecule has 1 aromatic heterocycles. The summed E-state index contributed by atoms with van der Waals surface area (Å²) in [7, 11) is 0. The number of nitrogens with zero attached hydrogens (tertiary/aromatic N) is 1. The summed E-state index contributed by atoms with van der Waals surface area (Å²) in [6.45, 7) is 0. The molecule has 2 rings (SSSR count). The van der Waals surface area contributed by atoms with Crippen LogP contribution in [0.25, 0.3) is 11.1 Å². The number of hydrogen-bond donors (Lipinski definition) is 0. The van der Waals surface area contributed by atoms with E-state index in [-0.39, 0.29) is 0 Å². The zero-order valence-corrected chi connectivity index (χ0v) is 8.91. The molecule has 0 aliphatic heterocycles. The van der Waals surface area contributed by atoms with Crippen molar-refractivity contribution in [3.63, 3.8) is 0 Å². The molecule has 0 amide bonds. The number of terminal acetylenes is 1. The van der Waals surface area contributed by atoms with E-state index in [1.165, 1.54) is 0 Å². The van der Waals surface area contributed by atoms with Gasteiger partial charge in [0.15, 0.2) is 5.58 Å². The van der Waals surface area contributed by atoms with Crippen LogP contribution in [0.15, 0.2) is 22.6 Å². The van der Waals surface area contributed by atoms with E-state index < -0.39 is 0 Å². The third kappa shape index (κ3) is 1.54. The summed E-state index contributed by atoms with van der Waals surface area (Å²) in [5.41, 5.74) is 1.70. The van der Waals surface area contributed by atoms with E-state index in [1.807, 2.05) is 18.2 Å². The molecule has 0 saturated carbocycles. The van der Waals surface area contributed by atoms with Gasteiger partial charge in [-0.1, -0.05) is 12.0 Å². The van der Waals surface area contributed by atoms with Gasteiger partial charge in [-0.25, -0.2) is 4.98 Å². The maximum Gasteiger partial charge on any atom is 0.207 e. The third-order valence-electron chi connectivity index (χ3n) is 1.67. The minimum absolute atomic E-state index is 0.449. The van der Waals surface area contributed by atoms with Crippen molar-refractivity contribution < 1.29 is 4.42 Å². The summed E-state index contributed by atoms with van der Waals surface area (Å²) in [4.78, 5) is 4.29. The molecule has 0 aliphatic carbocycles. The zero-order chi connectivity index (χ0) is 9.26. The largest absolute Gasteiger partial charge is 0.440 e. The Balaban J connectivity index is 2.63. The second-order valence-corrected chi connectivity index (χ2v) is 3.74. The van der Waals surface area contributed by atoms with Crippen molar-refractivity contribution in [3.05, 3.63) is 27.7 Å². The van der Waals surface area contributed by atoms with Gasteiger partial charge in [-0.15, -0.1) is 6.42 Å². The molecular formula is C10H6INO. The summed E-state index contributed by atoms with van der Waals surface area (Å²) in [5, 5.41) is 0. The number of para-hydroxylation sites is 1. The van der Waals surface area contributed by atoms with Crippen molar-refractivity contribution in [1.82, 2.24) is 4.98 Å². The Labute approximate surface area is 89.5 Å². The summed E-state index contributed by atoms with van der Waals surface area (Å²) < 4.78 is 6.52. The van der Waals surface area contributed by atoms with Crippen LogP contribution in [0.3, 0.4) is 0 Å². The molecule has 0 N–H and O–H groups in total. The normalized spacial score (nSPS) is 10.2. The summed E-state index contributed by atoms with van der Waals surface area (Å²) in [6.07, 6.45) is 5.62. The number of rotatable bonds is 1. The van der Waals surface area contributed by atoms with Crippen LogP contribution in [0.2, 0.25) is 0 Å². The molecule has 0 spiro atoms. The van der Waals surface area contributed by atoms with E-state index in [4.69, 9.17) is 10.8 Å². The maximum atomic E-state index is 5.43. The minimum atomic E-state index is 0.449. The molecule has 13 heavy (non-hydrogen) atoms. The number of aromatic nitrogens is 1. The third-order valence-corrected chi connectivity index (χ3v) is 2.54. The molecular weight excluding hydrogens is 277 g/mol. The predicted octanol–water partition coefficient (Wildman–Crippen LogP) is 2.61. The lowest BCUT2D eigenvalue weighted by Gasteiger charge is -1.87. The quantitative estimate of drug-likeness (QED) is 0.594. The van der Waals surface area contributed by atoms with E-state index in [2.05, 4.69) is 33.5 Å². The number of hydrogen-bond acceptors (Lipinski definition) is 2. The smallest absolute Gasteiger partial charge is 0.207 e. The van der Waals surface area contributed by atoms with Gasteiger partial charge in [-0.05, 0) is 34.7 Å². The average Bonchev–Trinajstić information content (AvgIpc) is 2.49. The molecule has 0 radical (unpaired) electrons. The van der Waals surface area contributed by atoms with Crippen molar-refractivity contribution in [3.8, 4) is 12.3 Å². The van der Waals surface area contributed by atoms with Gasteiger partial charge in [0.2, 0.25) is 5.89 Å². The molecule has 2 aromatic rings. The number of fused-ring (bicyclic) bond motifs is 1. The molecule has 0 bridgehead atoms. The van der Waals surface area contributed by atoms with Gasteiger partial charge >= 0.3 is 0 Å². The highest BCUT2D eigenvalue weighted by Gasteiger charge is 2.06. The number of benzene rings is 1. The molecule has 3 heteroatoms. The van der Waals surface area contributed by atoms with Crippen molar-refractivity contribution >= 4 is 33.7 Å². The van der Waals surface area contributed by atoms with Crippen molar-refractivity contribution in [2.75, 3.05) is 0 Å². The number of halogens is 1. The van der Waals surface area contributed by atoms with Crippen molar-refractivity contribution in [1.29, 1.82) is 0 Å². The second-order valence-electron chi connectivity index (χ2n) is 2.58. The van der Waals surface area contributed by atoms with Crippen LogP contribution in [0.5, 0.6) is 0 Å². The van der Waals surface area contributed by atoms with Gasteiger partial charge in [-0.2, -0.15) is 0 Å². The summed E-state index contributed by atoms with van der Waals surface area (Å²) >= 11 is 2.23. The van der Waals surface area contributed by atoms with Gasteiger partial charge in [0, 0.05) is 3.57 Å². The molecule has 2 nitrogen and oxygen atoms in total. The first kappa shape index (κ1) is 8.57. The second kappa shape index (κ2) is 3.38. The van der Waals surface area contributed by atoms with Gasteiger partial charge in [0.25, 0.3) is 0 Å². The van der Waals surface area contributed by atoms with Crippen LogP contribution in [0.4, 0.5) is 0 Å². The topological polar surface area (TPSA) is 26.0 Å². The summed E-state index contributed by atoms with van der Waals surface area (Å²) in [5.74, 6) is 3.12. The Morgan fingerprint density at radius 2 is 2.38 bits per heavy atom. The average molecular weight is 283 g/mol. The van der Waals surface area contributed by atoms with Gasteiger partial charge in [-0.3, -0.25) is 0 Å². The fourth-order valence-corrected chi connectivity index (χ4v) is 1.72. The van der Waals surface area contributed by atoms with Gasteiger partial charge < -0.3 is 4.42 Å². The Morgan fingerprint density at radius 1 is 1.54 bits per heavy atom. The Hall–Kier alpha value is -1.02. The van der Waals surface area contributed by atoms with E-state index >= 15 is 0 Å². The summed E-state index contributed by atoms with van der Waals surface area (Å²) in [6, 6.07) is 5.82. The maximum absolute atomic E-state index is 5.43. The minimum Gasteiger partial charge on any atom is -0.440 e. The Bertz CT molecular complexity index is 481. The lowest BCUT2D eigenvalue weighted by atomic mass is 10.3. The molecule has 64 valence electrons. The Kier molecular flexibility index (Phi) is 2.23. The highest BCUT2D eigenvalue weighted by Crippen LogP contribution is 2.20. The molecule has 0 fully saturated rings. The van der Waals surface area contributed by atoms with E-state index in [0.29, 0.717) is 12.3 Å². The molecule has 0 aliphatic rings. The highest BCUT2D eigenvalue weighted by molar-refractivity contribution is 14.1. The number of oxazole rings is 1. The monoisotopic (exact) mass is 283 g/mol. The van der Waals surface area contributed by atoms with Crippen LogP contribution in [0, 0.1) is 15.9 Å². The van der Waals surface area contributed by atoms with Gasteiger partial charge in [0.05, 0.1) is 6.42 Å². The van der Waals surface area contributed by atoms with Crippen LogP contribution < -0.4 is 0 Å². The van der Waals surface area contributed by atoms with Gasteiger partial charge in [0.1, 0.15) is 5.52 Å². The lowest BCUT2D eigenvalue weighted by Crippen LogP contribution is -1.79. The first-order valence-electron chi connectivity index (χ1n) is 3.78. The highest BCUT2D eigenvalue weighted by atomic mass is 127. The molecule has 1 aromatic carbocycles. The first-order valence-corrected chi connectivity index (χ1v) is 4.86. The molecule has 0 saturated heterocycles. The van der Waals surface area contributed by atoms with Crippen LogP contribution >= 0.6 is 22.6 Å². The zero-order valence-electron chi connectivity index (χ0n) is 6.75. The lowest BCUT2D eigenvalue weighted by molar-refractivity contribution is 0.549. The van der Waals surface area contributed by atoms with Crippen LogP contribution in [-0.4, -0.2) is 4.98 Å². The van der Waals surface area contributed by atoms with Crippen molar-refractivity contribution in [2.45, 2.75) is 6.42 Å². The SMILES string of the molecule is C#CCc1nc2c(I)cccc2o1. The van der Waals surface area contributed by atoms with E-state index in [9.17, 15) is 0 Å². The van der Waals surface area contributed by atoms with Crippen LogP contribution in [0.1, 0.15) is 5.89 Å². The first-order chi connectivity index (χ1) is 6.31.